The van der Waals surface area contributed by atoms with E-state index in [1.54, 1.807) is 0 Å². The van der Waals surface area contributed by atoms with Crippen molar-refractivity contribution in [3.63, 3.8) is 0 Å². The van der Waals surface area contributed by atoms with Crippen LogP contribution in [-0.2, 0) is 17.6 Å². The number of amides is 1. The van der Waals surface area contributed by atoms with Gasteiger partial charge in [0.2, 0.25) is 5.91 Å². The summed E-state index contributed by atoms with van der Waals surface area (Å²) in [6.07, 6.45) is 3.51. The maximum atomic E-state index is 12.7. The van der Waals surface area contributed by atoms with Crippen LogP contribution >= 0.6 is 0 Å². The largest absolute Gasteiger partial charge is 0.354 e. The number of likely N-dealkylation sites (N-methyl/N-ethyl adjacent to an activating group) is 1. The summed E-state index contributed by atoms with van der Waals surface area (Å²) in [4.78, 5) is 15.0. The van der Waals surface area contributed by atoms with E-state index in [1.165, 1.54) is 11.1 Å². The molecule has 2 rings (SSSR count). The van der Waals surface area contributed by atoms with Gasteiger partial charge in [0, 0.05) is 18.6 Å². The first-order valence-corrected chi connectivity index (χ1v) is 8.65. The summed E-state index contributed by atoms with van der Waals surface area (Å²) in [5.74, 6) is 0.0992. The molecule has 0 saturated carbocycles. The van der Waals surface area contributed by atoms with Crippen molar-refractivity contribution in [3.8, 4) is 0 Å². The fraction of sp³-hybridized carbons (Fsp3) is 0.632. The lowest BCUT2D eigenvalue weighted by Gasteiger charge is -2.38. The van der Waals surface area contributed by atoms with Gasteiger partial charge in [-0.3, -0.25) is 4.79 Å². The molecule has 4 heteroatoms. The van der Waals surface area contributed by atoms with Crippen LogP contribution in [0.25, 0.3) is 0 Å². The van der Waals surface area contributed by atoms with Gasteiger partial charge in [0.15, 0.2) is 0 Å². The maximum absolute atomic E-state index is 12.7. The van der Waals surface area contributed by atoms with Crippen LogP contribution in [-0.4, -0.2) is 43.5 Å². The van der Waals surface area contributed by atoms with E-state index in [1.807, 2.05) is 13.8 Å². The van der Waals surface area contributed by atoms with E-state index in [4.69, 9.17) is 5.73 Å². The first-order chi connectivity index (χ1) is 10.9. The van der Waals surface area contributed by atoms with Crippen LogP contribution in [0.15, 0.2) is 24.3 Å². The Balaban J connectivity index is 2.12. The third-order valence-electron chi connectivity index (χ3n) is 5.91. The van der Waals surface area contributed by atoms with Crippen molar-refractivity contribution >= 4 is 5.91 Å². The number of benzene rings is 1. The zero-order valence-corrected chi connectivity index (χ0v) is 15.0. The van der Waals surface area contributed by atoms with Crippen molar-refractivity contribution in [1.29, 1.82) is 0 Å². The summed E-state index contributed by atoms with van der Waals surface area (Å²) in [6, 6.07) is 8.59. The van der Waals surface area contributed by atoms with Crippen molar-refractivity contribution in [1.82, 2.24) is 10.2 Å². The molecule has 0 saturated heterocycles. The second-order valence-corrected chi connectivity index (χ2v) is 7.12. The number of nitrogens with zero attached hydrogens (tertiary/aromatic N) is 1. The van der Waals surface area contributed by atoms with Crippen LogP contribution in [0.4, 0.5) is 0 Å². The molecule has 0 atom stereocenters. The highest BCUT2D eigenvalue weighted by Gasteiger charge is 2.41. The van der Waals surface area contributed by atoms with Gasteiger partial charge in [0.1, 0.15) is 0 Å². The van der Waals surface area contributed by atoms with E-state index in [9.17, 15) is 4.79 Å². The Morgan fingerprint density at radius 1 is 1.22 bits per heavy atom. The molecular formula is C19H31N3O. The highest BCUT2D eigenvalue weighted by atomic mass is 16.2. The van der Waals surface area contributed by atoms with Crippen molar-refractivity contribution in [3.05, 3.63) is 35.4 Å². The molecule has 0 heterocycles. The number of hydrogen-bond acceptors (Lipinski definition) is 3. The Labute approximate surface area is 140 Å². The highest BCUT2D eigenvalue weighted by molar-refractivity contribution is 5.83. The number of rotatable bonds is 7. The Kier molecular flexibility index (Phi) is 5.48. The van der Waals surface area contributed by atoms with Crippen LogP contribution in [0.3, 0.4) is 0 Å². The molecule has 4 nitrogen and oxygen atoms in total. The second-order valence-electron chi connectivity index (χ2n) is 7.12. The minimum atomic E-state index is -0.432. The Morgan fingerprint density at radius 3 is 2.13 bits per heavy atom. The maximum Gasteiger partial charge on any atom is 0.227 e. The smallest absolute Gasteiger partial charge is 0.227 e. The van der Waals surface area contributed by atoms with E-state index in [0.29, 0.717) is 13.1 Å². The van der Waals surface area contributed by atoms with Gasteiger partial charge in [0.05, 0.1) is 5.41 Å². The van der Waals surface area contributed by atoms with Crippen molar-refractivity contribution in [2.75, 3.05) is 27.2 Å². The first kappa shape index (κ1) is 18.0. The number of carbonyl (C=O) groups is 1. The number of fused-ring (bicyclic) bond motifs is 1. The van der Waals surface area contributed by atoms with Gasteiger partial charge in [-0.25, -0.2) is 0 Å². The van der Waals surface area contributed by atoms with Gasteiger partial charge in [-0.2, -0.15) is 0 Å². The molecule has 0 fully saturated rings. The standard InChI is InChI=1S/C19H31N3O/c1-5-18(6-2,13-20)17(23)21-14-19(22(3)4)11-15-9-7-8-10-16(15)12-19/h7-10H,5-6,11-14,20H2,1-4H3,(H,21,23). The van der Waals surface area contributed by atoms with E-state index < -0.39 is 5.41 Å². The number of carbonyl (C=O) groups excluding carboxylic acids is 1. The average Bonchev–Trinajstić information content (AvgIpc) is 2.95. The van der Waals surface area contributed by atoms with Gasteiger partial charge in [-0.1, -0.05) is 38.1 Å². The summed E-state index contributed by atoms with van der Waals surface area (Å²) < 4.78 is 0. The third kappa shape index (κ3) is 3.29. The van der Waals surface area contributed by atoms with E-state index in [-0.39, 0.29) is 11.4 Å². The molecule has 1 aliphatic rings. The van der Waals surface area contributed by atoms with E-state index in [2.05, 4.69) is 48.6 Å². The summed E-state index contributed by atoms with van der Waals surface area (Å²) in [5.41, 5.74) is 8.22. The Bertz CT molecular complexity index is 516. The van der Waals surface area contributed by atoms with Gasteiger partial charge in [-0.05, 0) is 50.9 Å². The zero-order valence-electron chi connectivity index (χ0n) is 15.0. The predicted molar refractivity (Wildman–Crippen MR) is 95.3 cm³/mol. The first-order valence-electron chi connectivity index (χ1n) is 8.65. The lowest BCUT2D eigenvalue weighted by Crippen LogP contribution is -2.56. The number of nitrogens with one attached hydrogen (secondary N) is 1. The third-order valence-corrected chi connectivity index (χ3v) is 5.91. The Morgan fingerprint density at radius 2 is 1.74 bits per heavy atom. The molecule has 0 spiro atoms. The fourth-order valence-electron chi connectivity index (χ4n) is 3.66. The zero-order chi connectivity index (χ0) is 17.1. The molecule has 23 heavy (non-hydrogen) atoms. The minimum absolute atomic E-state index is 0.0405. The average molecular weight is 317 g/mol. The predicted octanol–water partition coefficient (Wildman–Crippen LogP) is 1.97. The number of nitrogens with two attached hydrogens (primary N) is 1. The molecule has 0 bridgehead atoms. The van der Waals surface area contributed by atoms with Gasteiger partial charge in [0.25, 0.3) is 0 Å². The molecule has 3 N–H and O–H groups in total. The molecule has 0 aliphatic heterocycles. The van der Waals surface area contributed by atoms with Crippen molar-refractivity contribution in [2.24, 2.45) is 11.1 Å². The quantitative estimate of drug-likeness (QED) is 0.808. The molecule has 1 aliphatic carbocycles. The van der Waals surface area contributed by atoms with Crippen LogP contribution in [0.1, 0.15) is 37.8 Å². The van der Waals surface area contributed by atoms with Crippen molar-refractivity contribution < 1.29 is 4.79 Å². The lowest BCUT2D eigenvalue weighted by molar-refractivity contribution is -0.131. The van der Waals surface area contributed by atoms with Gasteiger partial charge in [-0.15, -0.1) is 0 Å². The SMILES string of the molecule is CCC(CC)(CN)C(=O)NCC1(N(C)C)Cc2ccccc2C1. The van der Waals surface area contributed by atoms with Crippen LogP contribution in [0.5, 0.6) is 0 Å². The van der Waals surface area contributed by atoms with Crippen LogP contribution < -0.4 is 11.1 Å². The molecule has 1 amide bonds. The van der Waals surface area contributed by atoms with Crippen molar-refractivity contribution in [2.45, 2.75) is 45.1 Å². The molecule has 0 radical (unpaired) electrons. The monoisotopic (exact) mass is 317 g/mol. The van der Waals surface area contributed by atoms with E-state index >= 15 is 0 Å². The highest BCUT2D eigenvalue weighted by Crippen LogP contribution is 2.33. The molecular weight excluding hydrogens is 286 g/mol. The summed E-state index contributed by atoms with van der Waals surface area (Å²) in [6.45, 7) is 5.16. The van der Waals surface area contributed by atoms with E-state index in [0.717, 1.165) is 25.7 Å². The second kappa shape index (κ2) is 7.02. The minimum Gasteiger partial charge on any atom is -0.354 e. The molecule has 1 aromatic carbocycles. The van der Waals surface area contributed by atoms with Crippen LogP contribution in [0.2, 0.25) is 0 Å². The lowest BCUT2D eigenvalue weighted by atomic mass is 9.81. The summed E-state index contributed by atoms with van der Waals surface area (Å²) in [7, 11) is 4.21. The molecule has 0 unspecified atom stereocenters. The topological polar surface area (TPSA) is 58.4 Å². The van der Waals surface area contributed by atoms with Gasteiger partial charge < -0.3 is 16.0 Å². The number of hydrogen-bond donors (Lipinski definition) is 2. The molecule has 128 valence electrons. The van der Waals surface area contributed by atoms with Crippen LogP contribution in [0, 0.1) is 5.41 Å². The summed E-state index contributed by atoms with van der Waals surface area (Å²) >= 11 is 0. The normalized spacial score (nSPS) is 16.4. The van der Waals surface area contributed by atoms with Gasteiger partial charge >= 0.3 is 0 Å². The summed E-state index contributed by atoms with van der Waals surface area (Å²) in [5, 5.41) is 3.21. The molecule has 0 aromatic heterocycles. The Hall–Kier alpha value is -1.39. The fourth-order valence-corrected chi connectivity index (χ4v) is 3.66. The molecule has 1 aromatic rings.